The van der Waals surface area contributed by atoms with E-state index < -0.39 is 5.60 Å². The van der Waals surface area contributed by atoms with E-state index in [0.717, 1.165) is 27.8 Å². The highest BCUT2D eigenvalue weighted by Crippen LogP contribution is 2.47. The van der Waals surface area contributed by atoms with Gasteiger partial charge in [-0.15, -0.1) is 0 Å². The number of carbonyl (C=O) groups is 1. The van der Waals surface area contributed by atoms with Crippen LogP contribution in [0.15, 0.2) is 72.8 Å². The lowest BCUT2D eigenvalue weighted by molar-refractivity contribution is -0.132. The van der Waals surface area contributed by atoms with Gasteiger partial charge in [0.25, 0.3) is 5.91 Å². The van der Waals surface area contributed by atoms with Crippen LogP contribution in [0.2, 0.25) is 5.02 Å². The Kier molecular flexibility index (Phi) is 4.02. The summed E-state index contributed by atoms with van der Waals surface area (Å²) >= 11 is 6.00. The molecular weight excluding hydrogens is 384 g/mol. The molecule has 2 heterocycles. The van der Waals surface area contributed by atoms with Crippen LogP contribution in [-0.4, -0.2) is 16.0 Å². The Balaban J connectivity index is 1.69. The summed E-state index contributed by atoms with van der Waals surface area (Å²) in [5.41, 5.74) is 2.82. The third-order valence-corrected chi connectivity index (χ3v) is 5.90. The second-order valence-corrected chi connectivity index (χ2v) is 7.85. The standard InChI is InChI=1S/C24H19ClN2O2/c1-15-22(18-6-2-4-8-20(18)26-15)24(29)19-7-3-5-9-21(19)27(23(24)28)14-16-10-12-17(25)13-11-16/h2-13,26,29H,14H2,1H3/t24-/m1/s1. The van der Waals surface area contributed by atoms with Crippen molar-refractivity contribution in [2.45, 2.75) is 19.1 Å². The Bertz CT molecular complexity index is 1250. The highest BCUT2D eigenvalue weighted by Gasteiger charge is 2.52. The summed E-state index contributed by atoms with van der Waals surface area (Å²) in [4.78, 5) is 18.6. The Morgan fingerprint density at radius 3 is 2.48 bits per heavy atom. The lowest BCUT2D eigenvalue weighted by Gasteiger charge is -2.24. The monoisotopic (exact) mass is 402 g/mol. The van der Waals surface area contributed by atoms with E-state index in [1.54, 1.807) is 17.0 Å². The minimum atomic E-state index is -1.74. The number of aliphatic hydroxyl groups is 1. The molecule has 1 aromatic heterocycles. The normalized spacial score (nSPS) is 18.4. The number of hydrogen-bond donors (Lipinski definition) is 2. The minimum Gasteiger partial charge on any atom is -0.372 e. The van der Waals surface area contributed by atoms with Crippen LogP contribution in [0.4, 0.5) is 5.69 Å². The van der Waals surface area contributed by atoms with Crippen molar-refractivity contribution in [3.8, 4) is 0 Å². The van der Waals surface area contributed by atoms with Gasteiger partial charge in [-0.2, -0.15) is 0 Å². The number of aryl methyl sites for hydroxylation is 1. The highest BCUT2D eigenvalue weighted by molar-refractivity contribution is 6.30. The first kappa shape index (κ1) is 18.0. The number of H-pyrrole nitrogens is 1. The Morgan fingerprint density at radius 2 is 1.69 bits per heavy atom. The Hall–Kier alpha value is -3.08. The molecule has 5 heteroatoms. The number of anilines is 1. The lowest BCUT2D eigenvalue weighted by Crippen LogP contribution is -2.41. The van der Waals surface area contributed by atoms with E-state index in [9.17, 15) is 9.90 Å². The van der Waals surface area contributed by atoms with Crippen LogP contribution in [0.5, 0.6) is 0 Å². The van der Waals surface area contributed by atoms with Gasteiger partial charge in [0.15, 0.2) is 5.60 Å². The number of nitrogens with zero attached hydrogens (tertiary/aromatic N) is 1. The molecule has 4 nitrogen and oxygen atoms in total. The first-order valence-electron chi connectivity index (χ1n) is 9.46. The molecule has 3 aromatic carbocycles. The van der Waals surface area contributed by atoms with Gasteiger partial charge in [-0.05, 0) is 36.8 Å². The fourth-order valence-corrected chi connectivity index (χ4v) is 4.47. The van der Waals surface area contributed by atoms with Crippen molar-refractivity contribution in [1.82, 2.24) is 4.98 Å². The molecule has 0 radical (unpaired) electrons. The summed E-state index contributed by atoms with van der Waals surface area (Å²) < 4.78 is 0. The number of fused-ring (bicyclic) bond motifs is 2. The first-order chi connectivity index (χ1) is 14.0. The maximum absolute atomic E-state index is 13.7. The van der Waals surface area contributed by atoms with Crippen LogP contribution >= 0.6 is 11.6 Å². The van der Waals surface area contributed by atoms with Crippen molar-refractivity contribution in [3.05, 3.63) is 100 Å². The quantitative estimate of drug-likeness (QED) is 0.511. The van der Waals surface area contributed by atoms with Crippen molar-refractivity contribution in [3.63, 3.8) is 0 Å². The van der Waals surface area contributed by atoms with Crippen LogP contribution in [0.1, 0.15) is 22.4 Å². The number of carbonyl (C=O) groups excluding carboxylic acids is 1. The maximum Gasteiger partial charge on any atom is 0.268 e. The molecule has 1 amide bonds. The Morgan fingerprint density at radius 1 is 1.00 bits per heavy atom. The van der Waals surface area contributed by atoms with Gasteiger partial charge in [-0.25, -0.2) is 0 Å². The molecule has 0 unspecified atom stereocenters. The molecule has 144 valence electrons. The van der Waals surface area contributed by atoms with Gasteiger partial charge >= 0.3 is 0 Å². The number of aromatic nitrogens is 1. The summed E-state index contributed by atoms with van der Waals surface area (Å²) in [5, 5.41) is 13.4. The molecule has 4 aromatic rings. The van der Waals surface area contributed by atoms with Crippen LogP contribution in [0.3, 0.4) is 0 Å². The Labute approximate surface area is 173 Å². The van der Waals surface area contributed by atoms with E-state index in [1.165, 1.54) is 0 Å². The van der Waals surface area contributed by atoms with E-state index in [0.29, 0.717) is 22.7 Å². The largest absolute Gasteiger partial charge is 0.372 e. The number of nitrogens with one attached hydrogen (secondary N) is 1. The SMILES string of the molecule is Cc1[nH]c2ccccc2c1[C@@]1(O)C(=O)N(Cc2ccc(Cl)cc2)c2ccccc21. The van der Waals surface area contributed by atoms with E-state index in [1.807, 2.05) is 67.6 Å². The number of para-hydroxylation sites is 2. The second-order valence-electron chi connectivity index (χ2n) is 7.42. The number of benzene rings is 3. The summed E-state index contributed by atoms with van der Waals surface area (Å²) in [6.45, 7) is 2.25. The van der Waals surface area contributed by atoms with Gasteiger partial charge < -0.3 is 15.0 Å². The predicted octanol–water partition coefficient (Wildman–Crippen LogP) is 4.91. The zero-order valence-electron chi connectivity index (χ0n) is 15.8. The van der Waals surface area contributed by atoms with E-state index in [2.05, 4.69) is 4.98 Å². The van der Waals surface area contributed by atoms with Crippen molar-refractivity contribution < 1.29 is 9.90 Å². The van der Waals surface area contributed by atoms with Gasteiger partial charge in [0, 0.05) is 32.7 Å². The van der Waals surface area contributed by atoms with Crippen molar-refractivity contribution in [1.29, 1.82) is 0 Å². The lowest BCUT2D eigenvalue weighted by atomic mass is 9.85. The number of halogens is 1. The molecule has 0 saturated heterocycles. The van der Waals surface area contributed by atoms with Crippen LogP contribution in [-0.2, 0) is 16.9 Å². The maximum atomic E-state index is 13.7. The van der Waals surface area contributed by atoms with Crippen molar-refractivity contribution >= 4 is 34.1 Å². The number of aromatic amines is 1. The summed E-state index contributed by atoms with van der Waals surface area (Å²) in [5.74, 6) is -0.346. The summed E-state index contributed by atoms with van der Waals surface area (Å²) in [7, 11) is 0. The molecule has 0 spiro atoms. The zero-order valence-corrected chi connectivity index (χ0v) is 16.6. The molecule has 0 bridgehead atoms. The average molecular weight is 403 g/mol. The summed E-state index contributed by atoms with van der Waals surface area (Å²) in [6.07, 6.45) is 0. The fourth-order valence-electron chi connectivity index (χ4n) is 4.35. The van der Waals surface area contributed by atoms with Gasteiger partial charge in [0.2, 0.25) is 0 Å². The van der Waals surface area contributed by atoms with Gasteiger partial charge in [0.1, 0.15) is 0 Å². The first-order valence-corrected chi connectivity index (χ1v) is 9.84. The third-order valence-electron chi connectivity index (χ3n) is 5.65. The molecule has 1 atom stereocenters. The number of rotatable bonds is 3. The molecule has 0 aliphatic carbocycles. The van der Waals surface area contributed by atoms with Gasteiger partial charge in [-0.3, -0.25) is 4.79 Å². The van der Waals surface area contributed by atoms with Crippen molar-refractivity contribution in [2.24, 2.45) is 0 Å². The van der Waals surface area contributed by atoms with Crippen LogP contribution in [0, 0.1) is 6.92 Å². The smallest absolute Gasteiger partial charge is 0.268 e. The van der Waals surface area contributed by atoms with E-state index >= 15 is 0 Å². The van der Waals surface area contributed by atoms with Gasteiger partial charge in [0.05, 0.1) is 12.2 Å². The molecule has 0 fully saturated rings. The molecule has 2 N–H and O–H groups in total. The molecular formula is C24H19ClN2O2. The molecule has 29 heavy (non-hydrogen) atoms. The molecule has 1 aliphatic heterocycles. The minimum absolute atomic E-state index is 0.346. The molecule has 1 aliphatic rings. The van der Waals surface area contributed by atoms with Gasteiger partial charge in [-0.1, -0.05) is 60.1 Å². The zero-order chi connectivity index (χ0) is 20.2. The average Bonchev–Trinajstić information content (AvgIpc) is 3.17. The van der Waals surface area contributed by atoms with Crippen LogP contribution < -0.4 is 4.90 Å². The molecule has 0 saturated carbocycles. The number of amides is 1. The molecule has 5 rings (SSSR count). The third kappa shape index (κ3) is 2.60. The van der Waals surface area contributed by atoms with Crippen LogP contribution in [0.25, 0.3) is 10.9 Å². The topological polar surface area (TPSA) is 56.3 Å². The summed E-state index contributed by atoms with van der Waals surface area (Å²) in [6, 6.07) is 22.6. The van der Waals surface area contributed by atoms with Crippen molar-refractivity contribution in [2.75, 3.05) is 4.90 Å². The number of hydrogen-bond acceptors (Lipinski definition) is 2. The second kappa shape index (κ2) is 6.48. The fraction of sp³-hybridized carbons (Fsp3) is 0.125. The van der Waals surface area contributed by atoms with E-state index in [4.69, 9.17) is 11.6 Å². The highest BCUT2D eigenvalue weighted by atomic mass is 35.5. The predicted molar refractivity (Wildman–Crippen MR) is 115 cm³/mol. The van der Waals surface area contributed by atoms with E-state index in [-0.39, 0.29) is 5.91 Å².